The lowest BCUT2D eigenvalue weighted by Gasteiger charge is -2.11. The van der Waals surface area contributed by atoms with Crippen LogP contribution in [-0.2, 0) is 6.54 Å². The van der Waals surface area contributed by atoms with Crippen molar-refractivity contribution >= 4 is 23.3 Å². The molecule has 0 atom stereocenters. The molecule has 98 valence electrons. The molecule has 1 amide bonds. The number of carbonyl (C=O) groups is 1. The molecule has 0 aliphatic rings. The van der Waals surface area contributed by atoms with Crippen molar-refractivity contribution in [2.75, 3.05) is 7.11 Å². The number of thiazole rings is 1. The van der Waals surface area contributed by atoms with Gasteiger partial charge in [0, 0.05) is 17.1 Å². The molecule has 5 heteroatoms. The summed E-state index contributed by atoms with van der Waals surface area (Å²) in [7, 11) is 1.54. The molecule has 1 N–H and O–H groups in total. The number of para-hydroxylation sites is 1. The maximum Gasteiger partial charge on any atom is 0.255 e. The van der Waals surface area contributed by atoms with Crippen LogP contribution in [0.2, 0.25) is 0 Å². The Kier molecular flexibility index (Phi) is 4.30. The molecule has 0 bridgehead atoms. The van der Waals surface area contributed by atoms with Gasteiger partial charge >= 0.3 is 0 Å². The summed E-state index contributed by atoms with van der Waals surface area (Å²) in [5.74, 6) is 0.352. The molecular weight excluding hydrogens is 260 g/mol. The zero-order valence-electron chi connectivity index (χ0n) is 10.6. The van der Waals surface area contributed by atoms with Gasteiger partial charge in [0.2, 0.25) is 0 Å². The summed E-state index contributed by atoms with van der Waals surface area (Å²) < 4.78 is 5.28. The van der Waals surface area contributed by atoms with E-state index < -0.39 is 0 Å². The van der Waals surface area contributed by atoms with Gasteiger partial charge in [-0.15, -0.1) is 11.3 Å². The summed E-state index contributed by atoms with van der Waals surface area (Å²) in [6.45, 7) is 4.12. The smallest absolute Gasteiger partial charge is 0.255 e. The van der Waals surface area contributed by atoms with Gasteiger partial charge in [-0.3, -0.25) is 4.79 Å². The summed E-state index contributed by atoms with van der Waals surface area (Å²) in [5.41, 5.74) is 1.29. The van der Waals surface area contributed by atoms with Crippen molar-refractivity contribution in [3.8, 4) is 5.75 Å². The van der Waals surface area contributed by atoms with E-state index in [1.54, 1.807) is 31.5 Å². The number of amides is 1. The number of hydrogen-bond donors (Lipinski definition) is 1. The van der Waals surface area contributed by atoms with E-state index in [1.165, 1.54) is 11.3 Å². The Balaban J connectivity index is 2.16. The van der Waals surface area contributed by atoms with Gasteiger partial charge in [-0.2, -0.15) is 0 Å². The molecule has 2 rings (SSSR count). The van der Waals surface area contributed by atoms with Crippen LogP contribution < -0.4 is 10.1 Å². The fourth-order valence-corrected chi connectivity index (χ4v) is 2.27. The molecule has 19 heavy (non-hydrogen) atoms. The number of hydrogen-bond acceptors (Lipinski definition) is 4. The van der Waals surface area contributed by atoms with E-state index in [0.29, 0.717) is 17.9 Å². The van der Waals surface area contributed by atoms with Crippen molar-refractivity contribution in [1.29, 1.82) is 0 Å². The van der Waals surface area contributed by atoms with E-state index in [0.717, 1.165) is 10.6 Å². The van der Waals surface area contributed by atoms with Crippen LogP contribution in [0, 0.1) is 0 Å². The molecule has 0 radical (unpaired) electrons. The molecular formula is C14H14N2O2S. The van der Waals surface area contributed by atoms with Crippen LogP contribution in [-0.4, -0.2) is 18.0 Å². The second-order valence-corrected chi connectivity index (χ2v) is 4.72. The van der Waals surface area contributed by atoms with Gasteiger partial charge in [-0.25, -0.2) is 4.98 Å². The van der Waals surface area contributed by atoms with Crippen molar-refractivity contribution in [2.45, 2.75) is 6.54 Å². The van der Waals surface area contributed by atoms with Crippen LogP contribution in [0.4, 0.5) is 0 Å². The standard InChI is InChI=1S/C14H14N2O2S/c1-3-10-5-4-6-11(13(10)18-2)14(17)16-9-12-15-7-8-19-12/h3-8H,1,9H2,2H3,(H,16,17). The van der Waals surface area contributed by atoms with Crippen LogP contribution in [0.25, 0.3) is 6.08 Å². The number of aromatic nitrogens is 1. The van der Waals surface area contributed by atoms with Crippen molar-refractivity contribution < 1.29 is 9.53 Å². The third-order valence-electron chi connectivity index (χ3n) is 2.60. The van der Waals surface area contributed by atoms with Gasteiger partial charge in [0.15, 0.2) is 0 Å². The highest BCUT2D eigenvalue weighted by atomic mass is 32.1. The quantitative estimate of drug-likeness (QED) is 0.912. The Hall–Kier alpha value is -2.14. The molecule has 0 aliphatic carbocycles. The first-order valence-electron chi connectivity index (χ1n) is 5.72. The van der Waals surface area contributed by atoms with E-state index in [4.69, 9.17) is 4.74 Å². The summed E-state index contributed by atoms with van der Waals surface area (Å²) in [6, 6.07) is 5.38. The van der Waals surface area contributed by atoms with E-state index in [2.05, 4.69) is 16.9 Å². The van der Waals surface area contributed by atoms with E-state index in [9.17, 15) is 4.79 Å². The highest BCUT2D eigenvalue weighted by Crippen LogP contribution is 2.24. The highest BCUT2D eigenvalue weighted by molar-refractivity contribution is 7.09. The zero-order chi connectivity index (χ0) is 13.7. The van der Waals surface area contributed by atoms with Crippen molar-refractivity contribution in [3.05, 3.63) is 52.5 Å². The molecule has 2 aromatic rings. The van der Waals surface area contributed by atoms with Gasteiger partial charge in [0.1, 0.15) is 10.8 Å². The van der Waals surface area contributed by atoms with E-state index in [-0.39, 0.29) is 5.91 Å². The Morgan fingerprint density at radius 1 is 1.58 bits per heavy atom. The van der Waals surface area contributed by atoms with Crippen LogP contribution in [0.3, 0.4) is 0 Å². The first-order valence-corrected chi connectivity index (χ1v) is 6.60. The Labute approximate surface area is 115 Å². The van der Waals surface area contributed by atoms with Gasteiger partial charge in [-0.1, -0.05) is 24.8 Å². The van der Waals surface area contributed by atoms with Crippen LogP contribution in [0.5, 0.6) is 5.75 Å². The lowest BCUT2D eigenvalue weighted by Crippen LogP contribution is -2.23. The molecule has 0 saturated carbocycles. The lowest BCUT2D eigenvalue weighted by atomic mass is 10.1. The Bertz CT molecular complexity index is 579. The molecule has 0 saturated heterocycles. The number of benzene rings is 1. The first kappa shape index (κ1) is 13.3. The van der Waals surface area contributed by atoms with E-state index in [1.807, 2.05) is 11.4 Å². The zero-order valence-corrected chi connectivity index (χ0v) is 11.4. The predicted octanol–water partition coefficient (Wildman–Crippen LogP) is 2.72. The second-order valence-electron chi connectivity index (χ2n) is 3.74. The average molecular weight is 274 g/mol. The van der Waals surface area contributed by atoms with Crippen molar-refractivity contribution in [1.82, 2.24) is 10.3 Å². The normalized spacial score (nSPS) is 9.95. The molecule has 0 fully saturated rings. The highest BCUT2D eigenvalue weighted by Gasteiger charge is 2.14. The minimum absolute atomic E-state index is 0.184. The number of nitrogens with zero attached hydrogens (tertiary/aromatic N) is 1. The van der Waals surface area contributed by atoms with Gasteiger partial charge in [-0.05, 0) is 6.07 Å². The van der Waals surface area contributed by atoms with Crippen LogP contribution in [0.15, 0.2) is 36.4 Å². The fourth-order valence-electron chi connectivity index (χ4n) is 1.71. The topological polar surface area (TPSA) is 51.2 Å². The third kappa shape index (κ3) is 3.00. The second kappa shape index (κ2) is 6.15. The Morgan fingerprint density at radius 2 is 2.42 bits per heavy atom. The molecule has 0 spiro atoms. The van der Waals surface area contributed by atoms with Gasteiger partial charge in [0.05, 0.1) is 19.2 Å². The van der Waals surface area contributed by atoms with Gasteiger partial charge in [0.25, 0.3) is 5.91 Å². The van der Waals surface area contributed by atoms with Crippen LogP contribution >= 0.6 is 11.3 Å². The summed E-state index contributed by atoms with van der Waals surface area (Å²) >= 11 is 1.50. The van der Waals surface area contributed by atoms with E-state index >= 15 is 0 Å². The maximum absolute atomic E-state index is 12.1. The molecule has 1 aromatic heterocycles. The number of methoxy groups -OCH3 is 1. The Morgan fingerprint density at radius 3 is 3.05 bits per heavy atom. The molecule has 0 aliphatic heterocycles. The summed E-state index contributed by atoms with van der Waals surface area (Å²) in [6.07, 6.45) is 3.38. The molecule has 4 nitrogen and oxygen atoms in total. The molecule has 1 aromatic carbocycles. The fraction of sp³-hybridized carbons (Fsp3) is 0.143. The summed E-state index contributed by atoms with van der Waals surface area (Å²) in [5, 5.41) is 5.57. The average Bonchev–Trinajstić information content (AvgIpc) is 2.97. The minimum atomic E-state index is -0.184. The molecule has 1 heterocycles. The minimum Gasteiger partial charge on any atom is -0.495 e. The first-order chi connectivity index (χ1) is 9.26. The van der Waals surface area contributed by atoms with Crippen molar-refractivity contribution in [2.24, 2.45) is 0 Å². The largest absolute Gasteiger partial charge is 0.495 e. The van der Waals surface area contributed by atoms with Crippen LogP contribution in [0.1, 0.15) is 20.9 Å². The monoisotopic (exact) mass is 274 g/mol. The molecule has 0 unspecified atom stereocenters. The SMILES string of the molecule is C=Cc1cccc(C(=O)NCc2nccs2)c1OC. The number of carbonyl (C=O) groups excluding carboxylic acids is 1. The lowest BCUT2D eigenvalue weighted by molar-refractivity contribution is 0.0948. The van der Waals surface area contributed by atoms with Crippen molar-refractivity contribution in [3.63, 3.8) is 0 Å². The van der Waals surface area contributed by atoms with Gasteiger partial charge < -0.3 is 10.1 Å². The third-order valence-corrected chi connectivity index (χ3v) is 3.38. The number of ether oxygens (including phenoxy) is 1. The number of rotatable bonds is 5. The maximum atomic E-state index is 12.1. The summed E-state index contributed by atoms with van der Waals surface area (Å²) in [4.78, 5) is 16.3. The predicted molar refractivity (Wildman–Crippen MR) is 76.4 cm³/mol. The number of nitrogens with one attached hydrogen (secondary N) is 1.